The quantitative estimate of drug-likeness (QED) is 0.461. The highest BCUT2D eigenvalue weighted by Crippen LogP contribution is 2.24. The second-order valence-electron chi connectivity index (χ2n) is 6.68. The molecule has 1 amide bonds. The van der Waals surface area contributed by atoms with Crippen LogP contribution in [0.3, 0.4) is 0 Å². The minimum atomic E-state index is 0.0792. The van der Waals surface area contributed by atoms with Gasteiger partial charge in [0.1, 0.15) is 5.82 Å². The van der Waals surface area contributed by atoms with Crippen molar-refractivity contribution in [2.45, 2.75) is 58.7 Å². The van der Waals surface area contributed by atoms with Crippen molar-refractivity contribution in [2.24, 2.45) is 5.92 Å². The molecule has 2 heterocycles. The van der Waals surface area contributed by atoms with Gasteiger partial charge in [-0.15, -0.1) is 0 Å². The molecule has 0 spiro atoms. The first-order valence-corrected chi connectivity index (χ1v) is 10.4. The Bertz CT molecular complexity index is 715. The third kappa shape index (κ3) is 5.86. The number of nitrogens with one attached hydrogen (secondary N) is 2. The number of amides is 1. The van der Waals surface area contributed by atoms with Crippen LogP contribution in [-0.2, 0) is 11.3 Å². The van der Waals surface area contributed by atoms with Crippen LogP contribution in [0.1, 0.15) is 47.0 Å². The molecule has 0 aromatic carbocycles. The van der Waals surface area contributed by atoms with Gasteiger partial charge >= 0.3 is 0 Å². The van der Waals surface area contributed by atoms with Crippen molar-refractivity contribution in [3.8, 4) is 0 Å². The molecule has 7 nitrogen and oxygen atoms in total. The van der Waals surface area contributed by atoms with E-state index in [1.165, 1.54) is 0 Å². The Morgan fingerprint density at radius 1 is 1.23 bits per heavy atom. The van der Waals surface area contributed by atoms with Gasteiger partial charge in [-0.3, -0.25) is 4.79 Å². The largest absolute Gasteiger partial charge is 0.369 e. The highest BCUT2D eigenvalue weighted by molar-refractivity contribution is 7.99. The smallest absolute Gasteiger partial charge is 0.220 e. The number of carbonyl (C=O) groups is 1. The second-order valence-corrected chi connectivity index (χ2v) is 7.75. The summed E-state index contributed by atoms with van der Waals surface area (Å²) in [5, 5.41) is 12.5. The van der Waals surface area contributed by atoms with Crippen LogP contribution >= 0.6 is 11.8 Å². The first-order chi connectivity index (χ1) is 12.5. The molecule has 2 aromatic heterocycles. The monoisotopic (exact) mass is 378 g/mol. The van der Waals surface area contributed by atoms with Crippen molar-refractivity contribution in [1.82, 2.24) is 25.1 Å². The molecule has 0 aliphatic carbocycles. The Hall–Kier alpha value is -1.83. The molecule has 8 heteroatoms. The van der Waals surface area contributed by atoms with E-state index in [-0.39, 0.29) is 5.91 Å². The molecule has 2 rings (SSSR count). The molecule has 0 bridgehead atoms. The minimum Gasteiger partial charge on any atom is -0.369 e. The number of hydrogen-bond acceptors (Lipinski definition) is 6. The highest BCUT2D eigenvalue weighted by atomic mass is 32.2. The standard InChI is InChI=1S/C18H30N6OS/c1-5-7-20-16-14-12-21-24(9-8-19-15(25)11-13(3)4)17(14)23-18(22-16)26-10-6-2/h12-13H,5-11H2,1-4H3,(H,19,25)(H,20,22,23). The Labute approximate surface area is 159 Å². The fourth-order valence-corrected chi connectivity index (χ4v) is 3.17. The van der Waals surface area contributed by atoms with Gasteiger partial charge in [0.05, 0.1) is 18.1 Å². The molecule has 2 aromatic rings. The van der Waals surface area contributed by atoms with Gasteiger partial charge in [0.25, 0.3) is 0 Å². The first kappa shape index (κ1) is 20.5. The van der Waals surface area contributed by atoms with Crippen LogP contribution in [0.25, 0.3) is 11.0 Å². The number of hydrogen-bond donors (Lipinski definition) is 2. The lowest BCUT2D eigenvalue weighted by molar-refractivity contribution is -0.121. The molecule has 0 fully saturated rings. The molecule has 0 aliphatic heterocycles. The third-order valence-electron chi connectivity index (χ3n) is 3.69. The van der Waals surface area contributed by atoms with Gasteiger partial charge in [0.15, 0.2) is 10.8 Å². The Balaban J connectivity index is 2.14. The van der Waals surface area contributed by atoms with E-state index in [1.807, 2.05) is 18.5 Å². The van der Waals surface area contributed by atoms with Crippen molar-refractivity contribution in [2.75, 3.05) is 24.2 Å². The van der Waals surface area contributed by atoms with Crippen LogP contribution < -0.4 is 10.6 Å². The highest BCUT2D eigenvalue weighted by Gasteiger charge is 2.13. The van der Waals surface area contributed by atoms with Crippen LogP contribution in [0.15, 0.2) is 11.4 Å². The van der Waals surface area contributed by atoms with Crippen molar-refractivity contribution in [1.29, 1.82) is 0 Å². The van der Waals surface area contributed by atoms with E-state index in [0.717, 1.165) is 47.1 Å². The summed E-state index contributed by atoms with van der Waals surface area (Å²) < 4.78 is 1.85. The molecule has 144 valence electrons. The number of carbonyl (C=O) groups excluding carboxylic acids is 1. The summed E-state index contributed by atoms with van der Waals surface area (Å²) in [6, 6.07) is 0. The average Bonchev–Trinajstić information content (AvgIpc) is 3.00. The van der Waals surface area contributed by atoms with Gasteiger partial charge in [-0.1, -0.05) is 39.5 Å². The van der Waals surface area contributed by atoms with E-state index in [9.17, 15) is 4.79 Å². The summed E-state index contributed by atoms with van der Waals surface area (Å²) in [6.45, 7) is 10.3. The van der Waals surface area contributed by atoms with Gasteiger partial charge < -0.3 is 10.6 Å². The van der Waals surface area contributed by atoms with E-state index >= 15 is 0 Å². The fraction of sp³-hybridized carbons (Fsp3) is 0.667. The molecule has 0 aliphatic rings. The zero-order valence-electron chi connectivity index (χ0n) is 16.2. The van der Waals surface area contributed by atoms with Gasteiger partial charge in [-0.05, 0) is 18.8 Å². The summed E-state index contributed by atoms with van der Waals surface area (Å²) in [5.74, 6) is 2.26. The van der Waals surface area contributed by atoms with E-state index in [4.69, 9.17) is 0 Å². The van der Waals surface area contributed by atoms with Crippen molar-refractivity contribution in [3.63, 3.8) is 0 Å². The number of nitrogens with zero attached hydrogens (tertiary/aromatic N) is 4. The fourth-order valence-electron chi connectivity index (χ4n) is 2.48. The Morgan fingerprint density at radius 2 is 2.04 bits per heavy atom. The number of thioether (sulfide) groups is 1. The lowest BCUT2D eigenvalue weighted by atomic mass is 10.1. The van der Waals surface area contributed by atoms with E-state index in [1.54, 1.807) is 18.0 Å². The van der Waals surface area contributed by atoms with Gasteiger partial charge in [0, 0.05) is 25.3 Å². The van der Waals surface area contributed by atoms with Gasteiger partial charge in [0.2, 0.25) is 5.91 Å². The van der Waals surface area contributed by atoms with Crippen LogP contribution in [0.2, 0.25) is 0 Å². The number of aromatic nitrogens is 4. The van der Waals surface area contributed by atoms with Gasteiger partial charge in [-0.2, -0.15) is 5.10 Å². The first-order valence-electron chi connectivity index (χ1n) is 9.42. The zero-order chi connectivity index (χ0) is 18.9. The SMILES string of the molecule is CCCNc1nc(SCCC)nc2c1cnn2CCNC(=O)CC(C)C. The molecule has 0 saturated heterocycles. The molecular weight excluding hydrogens is 348 g/mol. The van der Waals surface area contributed by atoms with E-state index in [2.05, 4.69) is 39.5 Å². The number of fused-ring (bicyclic) bond motifs is 1. The van der Waals surface area contributed by atoms with E-state index in [0.29, 0.717) is 25.4 Å². The summed E-state index contributed by atoms with van der Waals surface area (Å²) >= 11 is 1.66. The second kappa shape index (κ2) is 10.4. The maximum Gasteiger partial charge on any atom is 0.220 e. The number of rotatable bonds is 11. The van der Waals surface area contributed by atoms with Gasteiger partial charge in [-0.25, -0.2) is 14.6 Å². The third-order valence-corrected chi connectivity index (χ3v) is 4.75. The molecule has 2 N–H and O–H groups in total. The summed E-state index contributed by atoms with van der Waals surface area (Å²) in [6.07, 6.45) is 4.45. The Kier molecular flexibility index (Phi) is 8.15. The number of anilines is 1. The summed E-state index contributed by atoms with van der Waals surface area (Å²) in [5.41, 5.74) is 0.815. The maximum absolute atomic E-state index is 11.8. The molecule has 26 heavy (non-hydrogen) atoms. The van der Waals surface area contributed by atoms with Crippen LogP contribution in [0, 0.1) is 5.92 Å². The molecule has 0 radical (unpaired) electrons. The van der Waals surface area contributed by atoms with Crippen molar-refractivity contribution in [3.05, 3.63) is 6.20 Å². The zero-order valence-corrected chi connectivity index (χ0v) is 17.0. The van der Waals surface area contributed by atoms with E-state index < -0.39 is 0 Å². The average molecular weight is 379 g/mol. The van der Waals surface area contributed by atoms with Crippen LogP contribution in [0.5, 0.6) is 0 Å². The topological polar surface area (TPSA) is 84.7 Å². The predicted molar refractivity (Wildman–Crippen MR) is 108 cm³/mol. The lowest BCUT2D eigenvalue weighted by Gasteiger charge is -2.10. The molecule has 0 saturated carbocycles. The van der Waals surface area contributed by atoms with Crippen molar-refractivity contribution < 1.29 is 4.79 Å². The lowest BCUT2D eigenvalue weighted by Crippen LogP contribution is -2.28. The maximum atomic E-state index is 11.8. The van der Waals surface area contributed by atoms with Crippen LogP contribution in [-0.4, -0.2) is 44.5 Å². The van der Waals surface area contributed by atoms with Crippen molar-refractivity contribution >= 4 is 34.5 Å². The van der Waals surface area contributed by atoms with Crippen LogP contribution in [0.4, 0.5) is 5.82 Å². The Morgan fingerprint density at radius 3 is 2.73 bits per heavy atom. The normalized spacial score (nSPS) is 11.3. The summed E-state index contributed by atoms with van der Waals surface area (Å²) in [7, 11) is 0. The molecule has 0 atom stereocenters. The summed E-state index contributed by atoms with van der Waals surface area (Å²) in [4.78, 5) is 21.1. The minimum absolute atomic E-state index is 0.0792. The predicted octanol–water partition coefficient (Wildman–Crippen LogP) is 3.31. The molecular formula is C18H30N6OS. The molecule has 0 unspecified atom stereocenters.